The molecule has 4 N–H and O–H groups in total. The highest BCUT2D eigenvalue weighted by molar-refractivity contribution is 5.55. The lowest BCUT2D eigenvalue weighted by Gasteiger charge is -1.97. The van der Waals surface area contributed by atoms with E-state index in [4.69, 9.17) is 15.9 Å². The first-order chi connectivity index (χ1) is 5.74. The second-order valence-corrected chi connectivity index (χ2v) is 2.39. The second kappa shape index (κ2) is 3.78. The lowest BCUT2D eigenvalue weighted by atomic mass is 10.2. The number of rotatable bonds is 2. The average Bonchev–Trinajstić information content (AvgIpc) is 2.07. The lowest BCUT2D eigenvalue weighted by molar-refractivity contribution is 0.403. The Kier molecular flexibility index (Phi) is 2.71. The van der Waals surface area contributed by atoms with Crippen molar-refractivity contribution < 1.29 is 10.2 Å². The van der Waals surface area contributed by atoms with Gasteiger partial charge < -0.3 is 15.9 Å². The molecule has 0 aliphatic carbocycles. The molecule has 12 heavy (non-hydrogen) atoms. The van der Waals surface area contributed by atoms with Crippen molar-refractivity contribution >= 4 is 6.08 Å². The van der Waals surface area contributed by atoms with Crippen LogP contribution >= 0.6 is 0 Å². The molecule has 3 nitrogen and oxygen atoms in total. The van der Waals surface area contributed by atoms with Crippen LogP contribution in [0, 0.1) is 0 Å². The zero-order valence-corrected chi connectivity index (χ0v) is 6.57. The maximum Gasteiger partial charge on any atom is 0.157 e. The predicted octanol–water partition coefficient (Wildman–Crippen LogP) is 1.07. The molecule has 0 spiro atoms. The van der Waals surface area contributed by atoms with Gasteiger partial charge in [-0.05, 0) is 17.7 Å². The molecule has 0 aliphatic heterocycles. The molecule has 0 aliphatic rings. The summed E-state index contributed by atoms with van der Waals surface area (Å²) in [6.07, 6.45) is 3.55. The van der Waals surface area contributed by atoms with Crippen LogP contribution in [0.1, 0.15) is 5.56 Å². The van der Waals surface area contributed by atoms with Crippen LogP contribution in [0.25, 0.3) is 6.08 Å². The van der Waals surface area contributed by atoms with Crippen molar-refractivity contribution in [1.29, 1.82) is 0 Å². The molecule has 0 heterocycles. The Morgan fingerprint density at radius 3 is 2.58 bits per heavy atom. The molecule has 0 fully saturated rings. The van der Waals surface area contributed by atoms with Crippen LogP contribution in [-0.2, 0) is 0 Å². The molecule has 0 aromatic heterocycles. The van der Waals surface area contributed by atoms with Crippen LogP contribution < -0.4 is 5.73 Å². The Balaban J connectivity index is 2.89. The minimum Gasteiger partial charge on any atom is -0.504 e. The number of benzene rings is 1. The van der Waals surface area contributed by atoms with Gasteiger partial charge in [0.2, 0.25) is 0 Å². The summed E-state index contributed by atoms with van der Waals surface area (Å²) in [6, 6.07) is 4.61. The Morgan fingerprint density at radius 2 is 2.00 bits per heavy atom. The van der Waals surface area contributed by atoms with E-state index in [-0.39, 0.29) is 11.5 Å². The summed E-state index contributed by atoms with van der Waals surface area (Å²) in [5.41, 5.74) is 6.06. The summed E-state index contributed by atoms with van der Waals surface area (Å²) >= 11 is 0. The molecule has 1 aromatic carbocycles. The fourth-order valence-electron chi connectivity index (χ4n) is 0.848. The van der Waals surface area contributed by atoms with Gasteiger partial charge in [0.05, 0.1) is 0 Å². The fourth-order valence-corrected chi connectivity index (χ4v) is 0.848. The lowest BCUT2D eigenvalue weighted by Crippen LogP contribution is -1.91. The number of nitrogens with two attached hydrogens (primary N) is 1. The molecule has 1 aromatic rings. The number of hydrogen-bond acceptors (Lipinski definition) is 3. The van der Waals surface area contributed by atoms with Crippen molar-refractivity contribution in [3.8, 4) is 11.5 Å². The largest absolute Gasteiger partial charge is 0.504 e. The molecule has 0 radical (unpaired) electrons. The third-order valence-corrected chi connectivity index (χ3v) is 1.45. The highest BCUT2D eigenvalue weighted by Crippen LogP contribution is 2.25. The zero-order chi connectivity index (χ0) is 8.97. The summed E-state index contributed by atoms with van der Waals surface area (Å²) in [4.78, 5) is 0. The SMILES string of the molecule is NC/C=C/c1ccc(O)c(O)c1. The molecular formula is C9H11NO2. The quantitative estimate of drug-likeness (QED) is 0.574. The first-order valence-electron chi connectivity index (χ1n) is 3.62. The van der Waals surface area contributed by atoms with E-state index in [1.165, 1.54) is 12.1 Å². The molecule has 0 atom stereocenters. The van der Waals surface area contributed by atoms with Crippen molar-refractivity contribution in [3.05, 3.63) is 29.8 Å². The van der Waals surface area contributed by atoms with Crippen molar-refractivity contribution in [1.82, 2.24) is 0 Å². The molecule has 0 saturated carbocycles. The molecule has 64 valence electrons. The zero-order valence-electron chi connectivity index (χ0n) is 6.57. The van der Waals surface area contributed by atoms with Crippen LogP contribution in [0.15, 0.2) is 24.3 Å². The van der Waals surface area contributed by atoms with Crippen molar-refractivity contribution in [2.75, 3.05) is 6.54 Å². The normalized spacial score (nSPS) is 10.8. The third-order valence-electron chi connectivity index (χ3n) is 1.45. The van der Waals surface area contributed by atoms with Crippen LogP contribution in [0.5, 0.6) is 11.5 Å². The van der Waals surface area contributed by atoms with Crippen LogP contribution in [0.4, 0.5) is 0 Å². The number of phenolic OH excluding ortho intramolecular Hbond substituents is 2. The smallest absolute Gasteiger partial charge is 0.157 e. The highest BCUT2D eigenvalue weighted by atomic mass is 16.3. The van der Waals surface area contributed by atoms with E-state index in [9.17, 15) is 0 Å². The summed E-state index contributed by atoms with van der Waals surface area (Å²) in [6.45, 7) is 0.460. The molecule has 0 unspecified atom stereocenters. The maximum atomic E-state index is 9.08. The van der Waals surface area contributed by atoms with Crippen LogP contribution in [0.3, 0.4) is 0 Å². The minimum absolute atomic E-state index is 0.111. The molecule has 0 saturated heterocycles. The van der Waals surface area contributed by atoms with Gasteiger partial charge in [0.1, 0.15) is 0 Å². The van der Waals surface area contributed by atoms with Crippen LogP contribution in [-0.4, -0.2) is 16.8 Å². The third kappa shape index (κ3) is 2.00. The highest BCUT2D eigenvalue weighted by Gasteiger charge is 1.96. The summed E-state index contributed by atoms with van der Waals surface area (Å²) < 4.78 is 0. The standard InChI is InChI=1S/C9H11NO2/c10-5-1-2-7-3-4-8(11)9(12)6-7/h1-4,6,11-12H,5,10H2/b2-1+. The van der Waals surface area contributed by atoms with Crippen molar-refractivity contribution in [3.63, 3.8) is 0 Å². The van der Waals surface area contributed by atoms with Gasteiger partial charge in [-0.2, -0.15) is 0 Å². The van der Waals surface area contributed by atoms with E-state index in [1.54, 1.807) is 18.2 Å². The molecule has 1 rings (SSSR count). The molecule has 3 heteroatoms. The Bertz CT molecular complexity index is 295. The number of phenols is 2. The van der Waals surface area contributed by atoms with Gasteiger partial charge >= 0.3 is 0 Å². The van der Waals surface area contributed by atoms with Gasteiger partial charge in [0, 0.05) is 6.54 Å². The van der Waals surface area contributed by atoms with Gasteiger partial charge in [-0.15, -0.1) is 0 Å². The summed E-state index contributed by atoms with van der Waals surface area (Å²) in [5.74, 6) is -0.228. The van der Waals surface area contributed by atoms with Crippen molar-refractivity contribution in [2.45, 2.75) is 0 Å². The Morgan fingerprint density at radius 1 is 1.25 bits per heavy atom. The molecular weight excluding hydrogens is 154 g/mol. The second-order valence-electron chi connectivity index (χ2n) is 2.39. The first-order valence-corrected chi connectivity index (χ1v) is 3.62. The molecule has 0 bridgehead atoms. The minimum atomic E-state index is -0.117. The topological polar surface area (TPSA) is 66.5 Å². The average molecular weight is 165 g/mol. The Labute approximate surface area is 70.8 Å². The van der Waals surface area contributed by atoms with E-state index in [0.717, 1.165) is 5.56 Å². The van der Waals surface area contributed by atoms with E-state index in [2.05, 4.69) is 0 Å². The first kappa shape index (κ1) is 8.62. The molecule has 0 amide bonds. The Hall–Kier alpha value is -1.48. The predicted molar refractivity (Wildman–Crippen MR) is 47.9 cm³/mol. The van der Waals surface area contributed by atoms with Crippen molar-refractivity contribution in [2.24, 2.45) is 5.73 Å². The van der Waals surface area contributed by atoms with Gasteiger partial charge in [-0.25, -0.2) is 0 Å². The van der Waals surface area contributed by atoms with Gasteiger partial charge in [0.15, 0.2) is 11.5 Å². The van der Waals surface area contributed by atoms with Gasteiger partial charge in [-0.1, -0.05) is 18.2 Å². The van der Waals surface area contributed by atoms with Crippen LogP contribution in [0.2, 0.25) is 0 Å². The fraction of sp³-hybridized carbons (Fsp3) is 0.111. The van der Waals surface area contributed by atoms with E-state index in [0.29, 0.717) is 6.54 Å². The van der Waals surface area contributed by atoms with E-state index in [1.807, 2.05) is 0 Å². The number of aromatic hydroxyl groups is 2. The maximum absolute atomic E-state index is 9.08. The number of hydrogen-bond donors (Lipinski definition) is 3. The summed E-state index contributed by atoms with van der Waals surface area (Å²) in [5, 5.41) is 18.1. The summed E-state index contributed by atoms with van der Waals surface area (Å²) in [7, 11) is 0. The van der Waals surface area contributed by atoms with Gasteiger partial charge in [-0.3, -0.25) is 0 Å². The monoisotopic (exact) mass is 165 g/mol. The van der Waals surface area contributed by atoms with E-state index >= 15 is 0 Å². The van der Waals surface area contributed by atoms with Gasteiger partial charge in [0.25, 0.3) is 0 Å². The van der Waals surface area contributed by atoms with E-state index < -0.39 is 0 Å².